The summed E-state index contributed by atoms with van der Waals surface area (Å²) in [4.78, 5) is 24.4. The number of benzene rings is 1. The van der Waals surface area contributed by atoms with E-state index < -0.39 is 0 Å². The maximum absolute atomic E-state index is 12.0. The van der Waals surface area contributed by atoms with Crippen LogP contribution in [0.3, 0.4) is 0 Å². The van der Waals surface area contributed by atoms with Crippen LogP contribution >= 0.6 is 0 Å². The highest BCUT2D eigenvalue weighted by Crippen LogP contribution is 2.17. The number of hydrogen-bond donors (Lipinski definition) is 1. The van der Waals surface area contributed by atoms with Crippen LogP contribution in [0.1, 0.15) is 23.2 Å². The average molecular weight is 251 g/mol. The summed E-state index contributed by atoms with van der Waals surface area (Å²) in [5.74, 6) is -0.598. The summed E-state index contributed by atoms with van der Waals surface area (Å²) in [5, 5.41) is 9.56. The first-order valence-electron chi connectivity index (χ1n) is 5.66. The number of esters is 1. The fraction of sp³-hybridized carbons (Fsp3) is 0.385. The fourth-order valence-corrected chi connectivity index (χ4v) is 1.52. The standard InChI is InChI=1S/C13H17NO4/c1-14(9-5-8-12(16)18-2)13(17)10-6-3-4-7-11(10)15/h3-4,6-7,15H,5,8-9H2,1-2H3. The van der Waals surface area contributed by atoms with Crippen molar-refractivity contribution < 1.29 is 19.4 Å². The van der Waals surface area contributed by atoms with Crippen molar-refractivity contribution in [3.05, 3.63) is 29.8 Å². The van der Waals surface area contributed by atoms with Gasteiger partial charge in [0.2, 0.25) is 0 Å². The number of phenolic OH excluding ortho intramolecular Hbond substituents is 1. The summed E-state index contributed by atoms with van der Waals surface area (Å²) >= 11 is 0. The molecule has 0 unspecified atom stereocenters. The number of aromatic hydroxyl groups is 1. The number of carbonyl (C=O) groups excluding carboxylic acids is 2. The number of methoxy groups -OCH3 is 1. The van der Waals surface area contributed by atoms with Gasteiger partial charge in [-0.3, -0.25) is 9.59 Å². The molecule has 1 aromatic carbocycles. The van der Waals surface area contributed by atoms with Crippen LogP contribution in [0.5, 0.6) is 5.75 Å². The first-order valence-corrected chi connectivity index (χ1v) is 5.66. The monoisotopic (exact) mass is 251 g/mol. The molecule has 0 aromatic heterocycles. The number of ether oxygens (including phenoxy) is 1. The van der Waals surface area contributed by atoms with Gasteiger partial charge in [0.15, 0.2) is 0 Å². The SMILES string of the molecule is COC(=O)CCCN(C)C(=O)c1ccccc1O. The summed E-state index contributed by atoms with van der Waals surface area (Å²) in [6.45, 7) is 0.433. The quantitative estimate of drug-likeness (QED) is 0.804. The molecule has 18 heavy (non-hydrogen) atoms. The predicted octanol–water partition coefficient (Wildman–Crippen LogP) is 1.42. The van der Waals surface area contributed by atoms with E-state index in [-0.39, 0.29) is 29.6 Å². The van der Waals surface area contributed by atoms with Gasteiger partial charge in [-0.1, -0.05) is 12.1 Å². The van der Waals surface area contributed by atoms with Gasteiger partial charge in [0, 0.05) is 20.0 Å². The number of para-hydroxylation sites is 1. The number of carbonyl (C=O) groups is 2. The molecule has 0 saturated carbocycles. The molecule has 0 fully saturated rings. The Morgan fingerprint density at radius 3 is 2.61 bits per heavy atom. The topological polar surface area (TPSA) is 66.8 Å². The van der Waals surface area contributed by atoms with Gasteiger partial charge >= 0.3 is 5.97 Å². The van der Waals surface area contributed by atoms with Crippen molar-refractivity contribution >= 4 is 11.9 Å². The van der Waals surface area contributed by atoms with Crippen LogP contribution in [-0.2, 0) is 9.53 Å². The number of nitrogens with zero attached hydrogens (tertiary/aromatic N) is 1. The Morgan fingerprint density at radius 1 is 1.33 bits per heavy atom. The Hall–Kier alpha value is -2.04. The van der Waals surface area contributed by atoms with Gasteiger partial charge in [-0.2, -0.15) is 0 Å². The molecule has 0 spiro atoms. The number of phenols is 1. The molecule has 0 aliphatic carbocycles. The minimum Gasteiger partial charge on any atom is -0.507 e. The van der Waals surface area contributed by atoms with Crippen LogP contribution in [0.25, 0.3) is 0 Å². The second-order valence-corrected chi connectivity index (χ2v) is 3.92. The molecular formula is C13H17NO4. The third-order valence-electron chi connectivity index (χ3n) is 2.58. The summed E-state index contributed by atoms with van der Waals surface area (Å²) < 4.78 is 4.51. The zero-order valence-corrected chi connectivity index (χ0v) is 10.5. The van der Waals surface area contributed by atoms with Gasteiger partial charge in [0.05, 0.1) is 12.7 Å². The van der Waals surface area contributed by atoms with Crippen LogP contribution in [-0.4, -0.2) is 42.6 Å². The number of amides is 1. The smallest absolute Gasteiger partial charge is 0.305 e. The molecule has 98 valence electrons. The highest BCUT2D eigenvalue weighted by Gasteiger charge is 2.15. The summed E-state index contributed by atoms with van der Waals surface area (Å²) in [7, 11) is 2.96. The molecule has 0 atom stereocenters. The molecular weight excluding hydrogens is 234 g/mol. The fourth-order valence-electron chi connectivity index (χ4n) is 1.52. The van der Waals surface area contributed by atoms with Crippen LogP contribution in [0.2, 0.25) is 0 Å². The average Bonchev–Trinajstić information content (AvgIpc) is 2.38. The van der Waals surface area contributed by atoms with E-state index in [2.05, 4.69) is 4.74 Å². The molecule has 0 heterocycles. The summed E-state index contributed by atoms with van der Waals surface area (Å²) in [5.41, 5.74) is 0.262. The third-order valence-corrected chi connectivity index (χ3v) is 2.58. The lowest BCUT2D eigenvalue weighted by atomic mass is 10.1. The lowest BCUT2D eigenvalue weighted by molar-refractivity contribution is -0.140. The van der Waals surface area contributed by atoms with E-state index in [1.165, 1.54) is 18.1 Å². The molecule has 1 aromatic rings. The molecule has 5 heteroatoms. The maximum atomic E-state index is 12.0. The minimum absolute atomic E-state index is 0.0395. The maximum Gasteiger partial charge on any atom is 0.305 e. The highest BCUT2D eigenvalue weighted by molar-refractivity contribution is 5.96. The van der Waals surface area contributed by atoms with E-state index in [0.717, 1.165) is 0 Å². The Labute approximate surface area is 106 Å². The molecule has 0 radical (unpaired) electrons. The molecule has 1 rings (SSSR count). The lowest BCUT2D eigenvalue weighted by Gasteiger charge is -2.17. The Balaban J connectivity index is 2.52. The van der Waals surface area contributed by atoms with Crippen LogP contribution < -0.4 is 0 Å². The number of hydrogen-bond acceptors (Lipinski definition) is 4. The zero-order chi connectivity index (χ0) is 13.5. The molecule has 0 aliphatic rings. The van der Waals surface area contributed by atoms with Crippen molar-refractivity contribution in [3.8, 4) is 5.75 Å². The van der Waals surface area contributed by atoms with Crippen LogP contribution in [0.15, 0.2) is 24.3 Å². The first-order chi connectivity index (χ1) is 8.56. The summed E-state index contributed by atoms with van der Waals surface area (Å²) in [6, 6.07) is 6.38. The van der Waals surface area contributed by atoms with Crippen molar-refractivity contribution in [2.75, 3.05) is 20.7 Å². The first kappa shape index (κ1) is 14.0. The predicted molar refractivity (Wildman–Crippen MR) is 66.3 cm³/mol. The molecule has 0 bridgehead atoms. The van der Waals surface area contributed by atoms with Gasteiger partial charge in [0.1, 0.15) is 5.75 Å². The Bertz CT molecular complexity index is 431. The third kappa shape index (κ3) is 3.76. The van der Waals surface area contributed by atoms with Crippen molar-refractivity contribution in [2.24, 2.45) is 0 Å². The summed E-state index contributed by atoms with van der Waals surface area (Å²) in [6.07, 6.45) is 0.803. The van der Waals surface area contributed by atoms with Crippen molar-refractivity contribution in [1.82, 2.24) is 4.90 Å². The molecule has 0 aliphatic heterocycles. The van der Waals surface area contributed by atoms with Gasteiger partial charge in [-0.05, 0) is 18.6 Å². The minimum atomic E-state index is -0.293. The van der Waals surface area contributed by atoms with Crippen molar-refractivity contribution in [3.63, 3.8) is 0 Å². The van der Waals surface area contributed by atoms with Crippen molar-refractivity contribution in [1.29, 1.82) is 0 Å². The number of rotatable bonds is 5. The Kier molecular flexibility index (Phi) is 5.17. The second-order valence-electron chi connectivity index (χ2n) is 3.92. The van der Waals surface area contributed by atoms with Crippen LogP contribution in [0.4, 0.5) is 0 Å². The van der Waals surface area contributed by atoms with E-state index in [9.17, 15) is 14.7 Å². The molecule has 1 amide bonds. The van der Waals surface area contributed by atoms with E-state index in [4.69, 9.17) is 0 Å². The van der Waals surface area contributed by atoms with Gasteiger partial charge in [0.25, 0.3) is 5.91 Å². The van der Waals surface area contributed by atoms with Gasteiger partial charge < -0.3 is 14.7 Å². The Morgan fingerprint density at radius 2 is 2.00 bits per heavy atom. The van der Waals surface area contributed by atoms with E-state index >= 15 is 0 Å². The molecule has 1 N–H and O–H groups in total. The van der Waals surface area contributed by atoms with Gasteiger partial charge in [-0.25, -0.2) is 0 Å². The second kappa shape index (κ2) is 6.64. The van der Waals surface area contributed by atoms with Crippen molar-refractivity contribution in [2.45, 2.75) is 12.8 Å². The lowest BCUT2D eigenvalue weighted by Crippen LogP contribution is -2.28. The van der Waals surface area contributed by atoms with E-state index in [1.807, 2.05) is 0 Å². The van der Waals surface area contributed by atoms with Crippen LogP contribution in [0, 0.1) is 0 Å². The molecule has 5 nitrogen and oxygen atoms in total. The zero-order valence-electron chi connectivity index (χ0n) is 10.5. The van der Waals surface area contributed by atoms with E-state index in [1.54, 1.807) is 25.2 Å². The normalized spacial score (nSPS) is 9.89. The highest BCUT2D eigenvalue weighted by atomic mass is 16.5. The van der Waals surface area contributed by atoms with Gasteiger partial charge in [-0.15, -0.1) is 0 Å². The van der Waals surface area contributed by atoms with E-state index in [0.29, 0.717) is 13.0 Å². The largest absolute Gasteiger partial charge is 0.507 e. The molecule has 0 saturated heterocycles.